The zero-order chi connectivity index (χ0) is 13.5. The Kier molecular flexibility index (Phi) is 7.04. The molecule has 0 radical (unpaired) electrons. The molecule has 0 bridgehead atoms. The summed E-state index contributed by atoms with van der Waals surface area (Å²) in [7, 11) is 0. The third kappa shape index (κ3) is 5.23. The Hall–Kier alpha value is -0.330. The van der Waals surface area contributed by atoms with Gasteiger partial charge in [-0.25, -0.2) is 0 Å². The third-order valence-electron chi connectivity index (χ3n) is 3.18. The van der Waals surface area contributed by atoms with E-state index in [-0.39, 0.29) is 6.42 Å². The number of nitrogens with one attached hydrogen (secondary N) is 1. The largest absolute Gasteiger partial charge is 0.389 e. The molecule has 0 heterocycles. The van der Waals surface area contributed by atoms with E-state index < -0.39 is 24.2 Å². The average molecular weight is 256 g/mol. The minimum Gasteiger partial charge on any atom is -0.374 e. The molecule has 6 heteroatoms. The fraction of sp³-hybridized carbons (Fsp3) is 1.00. The summed E-state index contributed by atoms with van der Waals surface area (Å²) in [5, 5.41) is 0. The molecule has 0 aliphatic carbocycles. The number of halogens is 3. The van der Waals surface area contributed by atoms with Gasteiger partial charge in [0.2, 0.25) is 0 Å². The molecule has 0 rings (SSSR count). The van der Waals surface area contributed by atoms with Crippen molar-refractivity contribution in [2.24, 2.45) is 5.84 Å². The van der Waals surface area contributed by atoms with Crippen LogP contribution >= 0.6 is 0 Å². The number of rotatable bonds is 8. The van der Waals surface area contributed by atoms with Crippen molar-refractivity contribution in [1.82, 2.24) is 5.43 Å². The molecule has 0 amide bonds. The summed E-state index contributed by atoms with van der Waals surface area (Å²) in [4.78, 5) is 0. The Morgan fingerprint density at radius 1 is 1.18 bits per heavy atom. The number of hydrogen-bond donors (Lipinski definition) is 2. The van der Waals surface area contributed by atoms with Crippen LogP contribution in [0.15, 0.2) is 0 Å². The molecule has 3 nitrogen and oxygen atoms in total. The van der Waals surface area contributed by atoms with Crippen LogP contribution in [0.4, 0.5) is 13.2 Å². The topological polar surface area (TPSA) is 47.3 Å². The van der Waals surface area contributed by atoms with Crippen LogP contribution in [0.25, 0.3) is 0 Å². The monoisotopic (exact) mass is 256 g/mol. The van der Waals surface area contributed by atoms with E-state index in [4.69, 9.17) is 10.6 Å². The molecule has 0 spiro atoms. The Morgan fingerprint density at radius 3 is 2.00 bits per heavy atom. The molecule has 0 saturated heterocycles. The smallest absolute Gasteiger partial charge is 0.374 e. The van der Waals surface area contributed by atoms with Crippen molar-refractivity contribution in [3.8, 4) is 0 Å². The van der Waals surface area contributed by atoms with Crippen molar-refractivity contribution in [2.45, 2.75) is 64.3 Å². The summed E-state index contributed by atoms with van der Waals surface area (Å²) in [6, 6.07) is -0.487. The molecule has 0 aromatic rings. The van der Waals surface area contributed by atoms with E-state index in [0.717, 1.165) is 0 Å². The molecule has 0 aromatic carbocycles. The maximum Gasteiger partial charge on any atom is 0.389 e. The van der Waals surface area contributed by atoms with Gasteiger partial charge in [-0.3, -0.25) is 11.3 Å². The number of hydrazine groups is 1. The predicted molar refractivity (Wildman–Crippen MR) is 61.3 cm³/mol. The quantitative estimate of drug-likeness (QED) is 0.518. The maximum absolute atomic E-state index is 12.2. The van der Waals surface area contributed by atoms with E-state index in [2.05, 4.69) is 5.43 Å². The van der Waals surface area contributed by atoms with E-state index >= 15 is 0 Å². The highest BCUT2D eigenvalue weighted by molar-refractivity contribution is 4.90. The van der Waals surface area contributed by atoms with Gasteiger partial charge in [-0.1, -0.05) is 13.8 Å². The molecule has 1 atom stereocenters. The second kappa shape index (κ2) is 7.18. The van der Waals surface area contributed by atoms with Gasteiger partial charge in [0.25, 0.3) is 0 Å². The standard InChI is InChI=1S/C11H23F3N2O/c1-4-10(5-2,17-6-3)9(16-15)7-8-11(12,13)14/h9,16H,4-8,15H2,1-3H3. The fourth-order valence-electron chi connectivity index (χ4n) is 2.14. The fourth-order valence-corrected chi connectivity index (χ4v) is 2.14. The second-order valence-corrected chi connectivity index (χ2v) is 4.08. The Labute approximate surface area is 101 Å². The van der Waals surface area contributed by atoms with Crippen molar-refractivity contribution in [2.75, 3.05) is 6.61 Å². The van der Waals surface area contributed by atoms with Crippen molar-refractivity contribution >= 4 is 0 Å². The van der Waals surface area contributed by atoms with Crippen LogP contribution in [-0.2, 0) is 4.74 Å². The SMILES string of the molecule is CCOC(CC)(CC)C(CCC(F)(F)F)NN. The van der Waals surface area contributed by atoms with Crippen LogP contribution in [0.3, 0.4) is 0 Å². The Morgan fingerprint density at radius 2 is 1.71 bits per heavy atom. The first-order chi connectivity index (χ1) is 7.85. The predicted octanol–water partition coefficient (Wildman–Crippen LogP) is 2.76. The van der Waals surface area contributed by atoms with E-state index in [9.17, 15) is 13.2 Å². The van der Waals surface area contributed by atoms with Crippen molar-refractivity contribution in [1.29, 1.82) is 0 Å². The third-order valence-corrected chi connectivity index (χ3v) is 3.18. The summed E-state index contributed by atoms with van der Waals surface area (Å²) in [6.45, 7) is 6.09. The van der Waals surface area contributed by atoms with Crippen LogP contribution < -0.4 is 11.3 Å². The summed E-state index contributed by atoms with van der Waals surface area (Å²) in [6.07, 6.45) is -3.82. The van der Waals surface area contributed by atoms with Crippen LogP contribution in [-0.4, -0.2) is 24.4 Å². The molecule has 0 aromatic heterocycles. The van der Waals surface area contributed by atoms with Gasteiger partial charge in [-0.05, 0) is 26.2 Å². The van der Waals surface area contributed by atoms with Gasteiger partial charge < -0.3 is 4.74 Å². The van der Waals surface area contributed by atoms with Gasteiger partial charge in [0.15, 0.2) is 0 Å². The van der Waals surface area contributed by atoms with Crippen LogP contribution in [0, 0.1) is 0 Å². The van der Waals surface area contributed by atoms with Crippen molar-refractivity contribution < 1.29 is 17.9 Å². The van der Waals surface area contributed by atoms with Crippen molar-refractivity contribution in [3.05, 3.63) is 0 Å². The lowest BCUT2D eigenvalue weighted by Gasteiger charge is -2.39. The number of nitrogens with two attached hydrogens (primary N) is 1. The molecule has 0 saturated carbocycles. The van der Waals surface area contributed by atoms with Gasteiger partial charge in [0.1, 0.15) is 0 Å². The number of hydrogen-bond acceptors (Lipinski definition) is 3. The molecular weight excluding hydrogens is 233 g/mol. The second-order valence-electron chi connectivity index (χ2n) is 4.08. The summed E-state index contributed by atoms with van der Waals surface area (Å²) in [5.41, 5.74) is 1.86. The van der Waals surface area contributed by atoms with Gasteiger partial charge in [-0.2, -0.15) is 13.2 Å². The highest BCUT2D eigenvalue weighted by Gasteiger charge is 2.38. The zero-order valence-electron chi connectivity index (χ0n) is 10.7. The van der Waals surface area contributed by atoms with E-state index in [1.807, 2.05) is 20.8 Å². The number of alkyl halides is 3. The van der Waals surface area contributed by atoms with Crippen LogP contribution in [0.1, 0.15) is 46.5 Å². The minimum atomic E-state index is -4.16. The lowest BCUT2D eigenvalue weighted by atomic mass is 9.85. The lowest BCUT2D eigenvalue weighted by molar-refractivity contribution is -0.143. The molecule has 104 valence electrons. The maximum atomic E-state index is 12.2. The summed E-state index contributed by atoms with van der Waals surface area (Å²) < 4.78 is 42.3. The highest BCUT2D eigenvalue weighted by Crippen LogP contribution is 2.30. The molecular formula is C11H23F3N2O. The van der Waals surface area contributed by atoms with Crippen LogP contribution in [0.2, 0.25) is 0 Å². The van der Waals surface area contributed by atoms with E-state index in [1.165, 1.54) is 0 Å². The summed E-state index contributed by atoms with van der Waals surface area (Å²) >= 11 is 0. The molecule has 0 aliphatic rings. The first-order valence-corrected chi connectivity index (χ1v) is 6.02. The minimum absolute atomic E-state index is 0.0678. The molecule has 0 aliphatic heterocycles. The lowest BCUT2D eigenvalue weighted by Crippen LogP contribution is -2.54. The van der Waals surface area contributed by atoms with Crippen LogP contribution in [0.5, 0.6) is 0 Å². The average Bonchev–Trinajstić information content (AvgIpc) is 2.26. The van der Waals surface area contributed by atoms with E-state index in [0.29, 0.717) is 19.4 Å². The molecule has 1 unspecified atom stereocenters. The van der Waals surface area contributed by atoms with E-state index in [1.54, 1.807) is 0 Å². The molecule has 17 heavy (non-hydrogen) atoms. The Balaban J connectivity index is 4.66. The first-order valence-electron chi connectivity index (χ1n) is 6.02. The molecule has 3 N–H and O–H groups in total. The number of ether oxygens (including phenoxy) is 1. The van der Waals surface area contributed by atoms with Crippen molar-refractivity contribution in [3.63, 3.8) is 0 Å². The normalized spacial score (nSPS) is 15.0. The van der Waals surface area contributed by atoms with Gasteiger partial charge >= 0.3 is 6.18 Å². The van der Waals surface area contributed by atoms with Gasteiger partial charge in [-0.15, -0.1) is 0 Å². The molecule has 0 fully saturated rings. The first kappa shape index (κ1) is 16.7. The van der Waals surface area contributed by atoms with Gasteiger partial charge in [0, 0.05) is 13.0 Å². The Bertz CT molecular complexity index is 205. The zero-order valence-corrected chi connectivity index (χ0v) is 10.7. The van der Waals surface area contributed by atoms with Gasteiger partial charge in [0.05, 0.1) is 11.6 Å². The highest BCUT2D eigenvalue weighted by atomic mass is 19.4. The summed E-state index contributed by atoms with van der Waals surface area (Å²) in [5.74, 6) is 5.37.